The maximum absolute atomic E-state index is 12.8. The van der Waals surface area contributed by atoms with Crippen molar-refractivity contribution in [3.63, 3.8) is 0 Å². The van der Waals surface area contributed by atoms with Gasteiger partial charge in [-0.05, 0) is 55.5 Å². The molecular weight excluding hydrogens is 440 g/mol. The maximum Gasteiger partial charge on any atom is 0.256 e. The van der Waals surface area contributed by atoms with E-state index in [1.165, 1.54) is 23.5 Å². The van der Waals surface area contributed by atoms with E-state index in [2.05, 4.69) is 11.4 Å². The van der Waals surface area contributed by atoms with Crippen LogP contribution in [0.25, 0.3) is 0 Å². The molecule has 0 aromatic heterocycles. The molecule has 1 N–H and O–H groups in total. The number of nitrogens with one attached hydrogen (secondary N) is 1. The molecule has 32 heavy (non-hydrogen) atoms. The van der Waals surface area contributed by atoms with Gasteiger partial charge >= 0.3 is 0 Å². The number of carbonyl (C=O) groups is 1. The Bertz CT molecular complexity index is 1120. The van der Waals surface area contributed by atoms with Gasteiger partial charge in [0.05, 0.1) is 18.5 Å². The average Bonchev–Trinajstić information content (AvgIpc) is 2.82. The van der Waals surface area contributed by atoms with Gasteiger partial charge < -0.3 is 14.8 Å². The molecule has 0 aliphatic heterocycles. The molecule has 0 bridgehead atoms. The fraction of sp³-hybridized carbons (Fsp3) is 0.120. The second kappa shape index (κ2) is 11.3. The molecule has 3 aromatic carbocycles. The number of thioether (sulfide) groups is 2. The molecule has 0 radical (unpaired) electrons. The Labute approximate surface area is 196 Å². The summed E-state index contributed by atoms with van der Waals surface area (Å²) in [4.78, 5) is 14.5. The van der Waals surface area contributed by atoms with Gasteiger partial charge in [-0.15, -0.1) is 0 Å². The third-order valence-corrected chi connectivity index (χ3v) is 6.63. The van der Waals surface area contributed by atoms with Crippen LogP contribution in [-0.4, -0.2) is 20.1 Å². The Morgan fingerprint density at radius 3 is 1.88 bits per heavy atom. The number of methoxy groups -OCH3 is 2. The number of amides is 1. The molecule has 0 aliphatic rings. The highest BCUT2D eigenvalue weighted by atomic mass is 32.2. The lowest BCUT2D eigenvalue weighted by Crippen LogP contribution is -2.22. The van der Waals surface area contributed by atoms with Crippen molar-refractivity contribution in [2.24, 2.45) is 0 Å². The summed E-state index contributed by atoms with van der Waals surface area (Å²) in [6, 6.07) is 24.4. The van der Waals surface area contributed by atoms with Gasteiger partial charge in [0.15, 0.2) is 0 Å². The zero-order valence-electron chi connectivity index (χ0n) is 17.9. The van der Waals surface area contributed by atoms with E-state index >= 15 is 0 Å². The number of allylic oxidation sites excluding steroid dienone is 1. The van der Waals surface area contributed by atoms with Gasteiger partial charge in [0.25, 0.3) is 5.91 Å². The Kier molecular flexibility index (Phi) is 8.26. The van der Waals surface area contributed by atoms with Crippen molar-refractivity contribution >= 4 is 29.4 Å². The van der Waals surface area contributed by atoms with E-state index in [0.29, 0.717) is 21.3 Å². The number of hydrogen-bond acceptors (Lipinski definition) is 6. The van der Waals surface area contributed by atoms with Crippen LogP contribution in [0.3, 0.4) is 0 Å². The van der Waals surface area contributed by atoms with Crippen LogP contribution in [0.4, 0.5) is 0 Å². The molecule has 162 valence electrons. The molecule has 0 aliphatic carbocycles. The molecular formula is C25H22N2O3S2. The first-order valence-corrected chi connectivity index (χ1v) is 11.3. The van der Waals surface area contributed by atoms with Gasteiger partial charge in [-0.1, -0.05) is 53.4 Å². The van der Waals surface area contributed by atoms with Crippen LogP contribution in [0.15, 0.2) is 92.5 Å². The zero-order valence-corrected chi connectivity index (χ0v) is 19.5. The molecule has 0 saturated heterocycles. The summed E-state index contributed by atoms with van der Waals surface area (Å²) in [6.07, 6.45) is 0. The first-order chi connectivity index (χ1) is 15.5. The zero-order chi connectivity index (χ0) is 22.9. The molecule has 1 amide bonds. The number of rotatable bonds is 8. The van der Waals surface area contributed by atoms with Gasteiger partial charge in [0.2, 0.25) is 0 Å². The van der Waals surface area contributed by atoms with Crippen molar-refractivity contribution < 1.29 is 14.3 Å². The smallest absolute Gasteiger partial charge is 0.256 e. The molecule has 0 spiro atoms. The van der Waals surface area contributed by atoms with Crippen LogP contribution >= 0.6 is 23.5 Å². The van der Waals surface area contributed by atoms with Crippen molar-refractivity contribution in [3.05, 3.63) is 93.9 Å². The lowest BCUT2D eigenvalue weighted by atomic mass is 10.1. The third-order valence-electron chi connectivity index (χ3n) is 4.37. The van der Waals surface area contributed by atoms with Crippen LogP contribution in [0.5, 0.6) is 11.5 Å². The Morgan fingerprint density at radius 2 is 1.41 bits per heavy atom. The Morgan fingerprint density at radius 1 is 0.875 bits per heavy atom. The van der Waals surface area contributed by atoms with Crippen LogP contribution in [0.1, 0.15) is 15.9 Å². The highest BCUT2D eigenvalue weighted by molar-refractivity contribution is 8.22. The second-order valence-electron chi connectivity index (χ2n) is 6.66. The van der Waals surface area contributed by atoms with E-state index in [0.717, 1.165) is 15.4 Å². The SMILES string of the molecule is COc1cccc(SC(Sc2cccc(OC)c2)=C(C#N)NC(=O)c2ccc(C)cc2)c1. The van der Waals surface area contributed by atoms with Crippen molar-refractivity contribution in [1.82, 2.24) is 5.32 Å². The number of hydrogen-bond donors (Lipinski definition) is 1. The molecule has 3 rings (SSSR count). The van der Waals surface area contributed by atoms with E-state index < -0.39 is 0 Å². The lowest BCUT2D eigenvalue weighted by molar-refractivity contribution is 0.0967. The maximum atomic E-state index is 12.8. The summed E-state index contributed by atoms with van der Waals surface area (Å²) in [7, 11) is 3.21. The van der Waals surface area contributed by atoms with Gasteiger partial charge in [0.1, 0.15) is 23.3 Å². The first kappa shape index (κ1) is 23.3. The molecule has 0 saturated carbocycles. The van der Waals surface area contributed by atoms with E-state index in [-0.39, 0.29) is 11.6 Å². The van der Waals surface area contributed by atoms with E-state index in [1.807, 2.05) is 67.6 Å². The normalized spacial score (nSPS) is 10.1. The molecule has 0 heterocycles. The fourth-order valence-electron chi connectivity index (χ4n) is 2.68. The van der Waals surface area contributed by atoms with Crippen LogP contribution in [0, 0.1) is 18.3 Å². The Hall–Kier alpha value is -3.34. The minimum Gasteiger partial charge on any atom is -0.497 e. The van der Waals surface area contributed by atoms with Crippen LogP contribution in [0.2, 0.25) is 0 Å². The van der Waals surface area contributed by atoms with Crippen molar-refractivity contribution in [2.45, 2.75) is 16.7 Å². The van der Waals surface area contributed by atoms with Crippen LogP contribution < -0.4 is 14.8 Å². The monoisotopic (exact) mass is 462 g/mol. The van der Waals surface area contributed by atoms with E-state index in [9.17, 15) is 10.1 Å². The van der Waals surface area contributed by atoms with Gasteiger partial charge in [-0.3, -0.25) is 4.79 Å². The quantitative estimate of drug-likeness (QED) is 0.326. The second-order valence-corrected chi connectivity index (χ2v) is 9.08. The summed E-state index contributed by atoms with van der Waals surface area (Å²) in [5, 5.41) is 12.7. The van der Waals surface area contributed by atoms with Gasteiger partial charge in [-0.25, -0.2) is 0 Å². The summed E-state index contributed by atoms with van der Waals surface area (Å²) in [5.41, 5.74) is 1.72. The predicted molar refractivity (Wildman–Crippen MR) is 129 cm³/mol. The standard InChI is InChI=1S/C25H22N2O3S2/c1-17-10-12-18(13-11-17)24(28)27-23(16-26)25(31-21-8-4-6-19(14-21)29-2)32-22-9-5-7-20(15-22)30-3/h4-15H,1-3H3,(H,27,28). The number of aryl methyl sites for hydroxylation is 1. The number of nitriles is 1. The van der Waals surface area contributed by atoms with Crippen LogP contribution in [-0.2, 0) is 0 Å². The summed E-state index contributed by atoms with van der Waals surface area (Å²) in [5.74, 6) is 1.09. The minimum absolute atomic E-state index is 0.177. The largest absolute Gasteiger partial charge is 0.497 e. The number of ether oxygens (including phenoxy) is 2. The highest BCUT2D eigenvalue weighted by Gasteiger charge is 2.16. The number of nitrogens with zero attached hydrogens (tertiary/aromatic N) is 1. The fourth-order valence-corrected chi connectivity index (χ4v) is 4.89. The molecule has 3 aromatic rings. The van der Waals surface area contributed by atoms with Gasteiger partial charge in [0, 0.05) is 15.4 Å². The molecule has 5 nitrogen and oxygen atoms in total. The lowest BCUT2D eigenvalue weighted by Gasteiger charge is -2.13. The van der Waals surface area contributed by atoms with E-state index in [4.69, 9.17) is 9.47 Å². The molecule has 0 unspecified atom stereocenters. The van der Waals surface area contributed by atoms with Crippen molar-refractivity contribution in [3.8, 4) is 17.6 Å². The van der Waals surface area contributed by atoms with Gasteiger partial charge in [-0.2, -0.15) is 5.26 Å². The first-order valence-electron chi connectivity index (χ1n) is 9.68. The topological polar surface area (TPSA) is 71.3 Å². The number of carbonyl (C=O) groups excluding carboxylic acids is 1. The molecule has 0 atom stereocenters. The van der Waals surface area contributed by atoms with Crippen molar-refractivity contribution in [1.29, 1.82) is 5.26 Å². The highest BCUT2D eigenvalue weighted by Crippen LogP contribution is 2.42. The summed E-state index contributed by atoms with van der Waals surface area (Å²) >= 11 is 2.77. The molecule has 0 fully saturated rings. The average molecular weight is 463 g/mol. The number of benzene rings is 3. The predicted octanol–water partition coefficient (Wildman–Crippen LogP) is 6.02. The molecule has 7 heteroatoms. The summed E-state index contributed by atoms with van der Waals surface area (Å²) < 4.78 is 11.3. The summed E-state index contributed by atoms with van der Waals surface area (Å²) in [6.45, 7) is 1.95. The minimum atomic E-state index is -0.337. The Balaban J connectivity index is 1.96. The third kappa shape index (κ3) is 6.33. The van der Waals surface area contributed by atoms with Crippen molar-refractivity contribution in [2.75, 3.05) is 14.2 Å². The van der Waals surface area contributed by atoms with E-state index in [1.54, 1.807) is 26.4 Å².